The lowest BCUT2D eigenvalue weighted by atomic mass is 9.78. The fourth-order valence-electron chi connectivity index (χ4n) is 6.85. The first-order chi connectivity index (χ1) is 15.1. The molecule has 4 nitrogen and oxygen atoms in total. The Balaban J connectivity index is 2.21. The third-order valence-electron chi connectivity index (χ3n) is 8.59. The van der Waals surface area contributed by atoms with E-state index in [2.05, 4.69) is 83.7 Å². The van der Waals surface area contributed by atoms with Gasteiger partial charge in [0, 0.05) is 19.0 Å². The second kappa shape index (κ2) is 9.82. The summed E-state index contributed by atoms with van der Waals surface area (Å²) in [5, 5.41) is 0. The second-order valence-corrected chi connectivity index (χ2v) is 16.8. The standard InChI is InChI=1S/C27H43NO3Si/c1-19(2)32(20(3)4,21(5)6)18-23-24(22-12-10-9-11-13-22)27(7,26(29)25(23)30-8)28-14-16-31-17-15-28/h9-13,19-21,24H,14-18H2,1-8H3/t24-,27+/m1/s1. The molecular weight excluding hydrogens is 414 g/mol. The average molecular weight is 458 g/mol. The lowest BCUT2D eigenvalue weighted by molar-refractivity contribution is -0.131. The maximum absolute atomic E-state index is 14.1. The minimum Gasteiger partial charge on any atom is -0.493 e. The number of Topliss-reactive ketones (excluding diaryl/α,β-unsaturated/α-hetero) is 1. The minimum absolute atomic E-state index is 0.00683. The molecule has 1 aliphatic carbocycles. The van der Waals surface area contributed by atoms with Crippen LogP contribution in [0.4, 0.5) is 0 Å². The monoisotopic (exact) mass is 457 g/mol. The number of morpholine rings is 1. The summed E-state index contributed by atoms with van der Waals surface area (Å²) in [7, 11) is -0.116. The van der Waals surface area contributed by atoms with E-state index in [1.807, 2.05) is 0 Å². The van der Waals surface area contributed by atoms with Crippen LogP contribution in [-0.4, -0.2) is 57.7 Å². The van der Waals surface area contributed by atoms with Crippen molar-refractivity contribution in [1.82, 2.24) is 4.90 Å². The Kier molecular flexibility index (Phi) is 7.73. The molecule has 2 aliphatic rings. The van der Waals surface area contributed by atoms with E-state index in [-0.39, 0.29) is 11.7 Å². The summed E-state index contributed by atoms with van der Waals surface area (Å²) in [4.78, 5) is 16.5. The molecule has 1 aromatic rings. The summed E-state index contributed by atoms with van der Waals surface area (Å²) < 4.78 is 11.6. The van der Waals surface area contributed by atoms with Crippen molar-refractivity contribution in [1.29, 1.82) is 0 Å². The van der Waals surface area contributed by atoms with E-state index < -0.39 is 13.6 Å². The smallest absolute Gasteiger partial charge is 0.218 e. The average Bonchev–Trinajstić information content (AvgIpc) is 2.99. The van der Waals surface area contributed by atoms with Crippen LogP contribution in [0.15, 0.2) is 41.7 Å². The molecule has 1 aromatic carbocycles. The first kappa shape index (κ1) is 25.2. The van der Waals surface area contributed by atoms with Crippen molar-refractivity contribution in [3.05, 3.63) is 47.2 Å². The zero-order valence-corrected chi connectivity index (χ0v) is 22.4. The number of ether oxygens (including phenoxy) is 2. The molecule has 0 radical (unpaired) electrons. The normalized spacial score (nSPS) is 25.5. The third-order valence-corrected chi connectivity index (χ3v) is 16.0. The first-order valence-electron chi connectivity index (χ1n) is 12.3. The number of ketones is 1. The van der Waals surface area contributed by atoms with Crippen molar-refractivity contribution in [2.24, 2.45) is 0 Å². The highest BCUT2D eigenvalue weighted by Crippen LogP contribution is 2.55. The largest absolute Gasteiger partial charge is 0.493 e. The Morgan fingerprint density at radius 3 is 2.03 bits per heavy atom. The molecule has 178 valence electrons. The number of methoxy groups -OCH3 is 1. The first-order valence-corrected chi connectivity index (χ1v) is 14.8. The summed E-state index contributed by atoms with van der Waals surface area (Å²) >= 11 is 0. The van der Waals surface area contributed by atoms with Gasteiger partial charge in [-0.25, -0.2) is 0 Å². The van der Waals surface area contributed by atoms with Crippen LogP contribution >= 0.6 is 0 Å². The summed E-state index contributed by atoms with van der Waals surface area (Å²) in [5.74, 6) is 0.768. The number of hydrogen-bond acceptors (Lipinski definition) is 4. The molecule has 0 spiro atoms. The van der Waals surface area contributed by atoms with Gasteiger partial charge in [-0.1, -0.05) is 88.5 Å². The molecule has 0 aromatic heterocycles. The predicted octanol–water partition coefficient (Wildman–Crippen LogP) is 6.02. The summed E-state index contributed by atoms with van der Waals surface area (Å²) in [6, 6.07) is 11.6. The second-order valence-electron chi connectivity index (χ2n) is 10.7. The molecule has 0 bridgehead atoms. The number of hydrogen-bond donors (Lipinski definition) is 0. The number of benzene rings is 1. The quantitative estimate of drug-likeness (QED) is 0.447. The minimum atomic E-state index is -1.80. The zero-order chi connectivity index (χ0) is 23.7. The van der Waals surface area contributed by atoms with Gasteiger partial charge in [0.1, 0.15) is 0 Å². The fourth-order valence-corrected chi connectivity index (χ4v) is 13.1. The zero-order valence-electron chi connectivity index (χ0n) is 21.4. The van der Waals surface area contributed by atoms with E-state index in [4.69, 9.17) is 9.47 Å². The molecule has 1 aliphatic heterocycles. The summed E-state index contributed by atoms with van der Waals surface area (Å²) in [6.07, 6.45) is 0. The molecule has 2 atom stereocenters. The molecule has 0 N–H and O–H groups in total. The molecule has 32 heavy (non-hydrogen) atoms. The molecule has 0 saturated carbocycles. The van der Waals surface area contributed by atoms with Crippen LogP contribution < -0.4 is 0 Å². The number of nitrogens with zero attached hydrogens (tertiary/aromatic N) is 1. The Labute approximate surface area is 196 Å². The van der Waals surface area contributed by atoms with E-state index in [1.54, 1.807) is 7.11 Å². The van der Waals surface area contributed by atoms with Crippen LogP contribution in [0.3, 0.4) is 0 Å². The number of rotatable bonds is 8. The van der Waals surface area contributed by atoms with Gasteiger partial charge < -0.3 is 9.47 Å². The van der Waals surface area contributed by atoms with Crippen molar-refractivity contribution in [3.63, 3.8) is 0 Å². The molecule has 1 fully saturated rings. The predicted molar refractivity (Wildman–Crippen MR) is 135 cm³/mol. The van der Waals surface area contributed by atoms with Crippen LogP contribution in [-0.2, 0) is 14.3 Å². The Morgan fingerprint density at radius 1 is 1.03 bits per heavy atom. The summed E-state index contributed by atoms with van der Waals surface area (Å²) in [5.41, 5.74) is 3.67. The molecule has 5 heteroatoms. The topological polar surface area (TPSA) is 38.8 Å². The van der Waals surface area contributed by atoms with Gasteiger partial charge in [-0.2, -0.15) is 0 Å². The van der Waals surface area contributed by atoms with Gasteiger partial charge in [0.2, 0.25) is 5.78 Å². The van der Waals surface area contributed by atoms with Crippen molar-refractivity contribution >= 4 is 13.9 Å². The van der Waals surface area contributed by atoms with Crippen LogP contribution in [0.1, 0.15) is 59.9 Å². The van der Waals surface area contributed by atoms with Gasteiger partial charge in [-0.05, 0) is 24.1 Å². The molecule has 0 unspecified atom stereocenters. The SMILES string of the molecule is COC1=C(C[Si](C(C)C)(C(C)C)C(C)C)[C@@H](c2ccccc2)[C@](C)(N2CCOCC2)C1=O. The molecule has 1 heterocycles. The van der Waals surface area contributed by atoms with Gasteiger partial charge in [0.05, 0.1) is 33.9 Å². The lowest BCUT2D eigenvalue weighted by Gasteiger charge is -2.47. The Morgan fingerprint density at radius 2 is 1.56 bits per heavy atom. The van der Waals surface area contributed by atoms with Crippen molar-refractivity contribution in [2.45, 2.75) is 82.6 Å². The molecule has 3 rings (SSSR count). The van der Waals surface area contributed by atoms with Crippen molar-refractivity contribution < 1.29 is 14.3 Å². The van der Waals surface area contributed by atoms with E-state index in [0.29, 0.717) is 35.6 Å². The van der Waals surface area contributed by atoms with Crippen LogP contribution in [0.25, 0.3) is 0 Å². The van der Waals surface area contributed by atoms with E-state index in [1.165, 1.54) is 11.1 Å². The Hall–Kier alpha value is -1.43. The maximum atomic E-state index is 14.1. The van der Waals surface area contributed by atoms with E-state index in [0.717, 1.165) is 19.1 Å². The number of carbonyl (C=O) groups excluding carboxylic acids is 1. The highest BCUT2D eigenvalue weighted by atomic mass is 28.3. The van der Waals surface area contributed by atoms with E-state index >= 15 is 0 Å². The molecular formula is C27H43NO3Si. The summed E-state index contributed by atoms with van der Waals surface area (Å²) in [6.45, 7) is 19.4. The van der Waals surface area contributed by atoms with E-state index in [9.17, 15) is 4.79 Å². The highest BCUT2D eigenvalue weighted by Gasteiger charge is 2.58. The maximum Gasteiger partial charge on any atom is 0.218 e. The van der Waals surface area contributed by atoms with Gasteiger partial charge in [0.25, 0.3) is 0 Å². The molecule has 0 amide bonds. The van der Waals surface area contributed by atoms with Gasteiger partial charge in [-0.15, -0.1) is 0 Å². The molecule has 1 saturated heterocycles. The van der Waals surface area contributed by atoms with Crippen LogP contribution in [0, 0.1) is 0 Å². The van der Waals surface area contributed by atoms with Gasteiger partial charge >= 0.3 is 0 Å². The van der Waals surface area contributed by atoms with Crippen LogP contribution in [0.5, 0.6) is 0 Å². The lowest BCUT2D eigenvalue weighted by Crippen LogP contribution is -2.58. The van der Waals surface area contributed by atoms with Gasteiger partial charge in [-0.3, -0.25) is 9.69 Å². The van der Waals surface area contributed by atoms with Gasteiger partial charge in [0.15, 0.2) is 5.76 Å². The Bertz CT molecular complexity index is 805. The van der Waals surface area contributed by atoms with Crippen LogP contribution in [0.2, 0.25) is 22.7 Å². The van der Waals surface area contributed by atoms with Crippen molar-refractivity contribution in [2.75, 3.05) is 33.4 Å². The number of carbonyl (C=O) groups is 1. The third kappa shape index (κ3) is 4.01. The van der Waals surface area contributed by atoms with Crippen molar-refractivity contribution in [3.8, 4) is 0 Å². The highest BCUT2D eigenvalue weighted by molar-refractivity contribution is 6.84. The fraction of sp³-hybridized carbons (Fsp3) is 0.667.